The molecule has 22 heavy (non-hydrogen) atoms. The van der Waals surface area contributed by atoms with E-state index in [9.17, 15) is 9.90 Å². The fourth-order valence-corrected chi connectivity index (χ4v) is 3.32. The molecular formula is C17H24O5. The molecule has 1 saturated carbocycles. The first-order valence-corrected chi connectivity index (χ1v) is 7.72. The lowest BCUT2D eigenvalue weighted by molar-refractivity contribution is -0.145. The molecular weight excluding hydrogens is 284 g/mol. The molecule has 122 valence electrons. The van der Waals surface area contributed by atoms with Crippen molar-refractivity contribution in [1.29, 1.82) is 0 Å². The number of hydrogen-bond acceptors (Lipinski definition) is 4. The Balaban J connectivity index is 2.63. The molecule has 0 atom stereocenters. The first-order valence-electron chi connectivity index (χ1n) is 7.72. The fourth-order valence-electron chi connectivity index (χ4n) is 3.32. The molecule has 0 unspecified atom stereocenters. The number of carbonyl (C=O) groups is 1. The van der Waals surface area contributed by atoms with Crippen molar-refractivity contribution < 1.29 is 24.1 Å². The Morgan fingerprint density at radius 2 is 1.82 bits per heavy atom. The van der Waals surface area contributed by atoms with Crippen LogP contribution in [-0.2, 0) is 10.2 Å². The average Bonchev–Trinajstić information content (AvgIpc) is 2.55. The maximum Gasteiger partial charge on any atom is 0.314 e. The van der Waals surface area contributed by atoms with Crippen LogP contribution < -0.4 is 14.2 Å². The average molecular weight is 308 g/mol. The summed E-state index contributed by atoms with van der Waals surface area (Å²) in [7, 11) is 3.10. The summed E-state index contributed by atoms with van der Waals surface area (Å²) < 4.78 is 16.5. The van der Waals surface area contributed by atoms with Crippen LogP contribution in [0.4, 0.5) is 0 Å². The van der Waals surface area contributed by atoms with Crippen molar-refractivity contribution in [1.82, 2.24) is 0 Å². The van der Waals surface area contributed by atoms with Gasteiger partial charge in [-0.15, -0.1) is 0 Å². The van der Waals surface area contributed by atoms with Gasteiger partial charge in [0.2, 0.25) is 5.75 Å². The van der Waals surface area contributed by atoms with E-state index in [-0.39, 0.29) is 0 Å². The summed E-state index contributed by atoms with van der Waals surface area (Å²) >= 11 is 0. The highest BCUT2D eigenvalue weighted by Crippen LogP contribution is 2.49. The minimum Gasteiger partial charge on any atom is -0.493 e. The fraction of sp³-hybridized carbons (Fsp3) is 0.588. The molecule has 0 bridgehead atoms. The molecule has 1 N–H and O–H groups in total. The third-order valence-electron chi connectivity index (χ3n) is 4.42. The van der Waals surface area contributed by atoms with Crippen LogP contribution in [0.15, 0.2) is 12.1 Å². The molecule has 1 fully saturated rings. The molecule has 2 rings (SSSR count). The largest absolute Gasteiger partial charge is 0.493 e. The van der Waals surface area contributed by atoms with E-state index in [0.29, 0.717) is 42.3 Å². The van der Waals surface area contributed by atoms with Gasteiger partial charge in [-0.3, -0.25) is 4.79 Å². The summed E-state index contributed by atoms with van der Waals surface area (Å²) in [6.07, 6.45) is 4.14. The molecule has 0 spiro atoms. The molecule has 1 aromatic carbocycles. The normalized spacial score (nSPS) is 16.9. The van der Waals surface area contributed by atoms with Crippen LogP contribution in [0.5, 0.6) is 17.2 Å². The Bertz CT molecular complexity index is 532. The molecule has 1 aliphatic rings. The van der Waals surface area contributed by atoms with Crippen LogP contribution in [0, 0.1) is 0 Å². The second kappa shape index (κ2) is 6.90. The topological polar surface area (TPSA) is 65.0 Å². The molecule has 1 aromatic rings. The van der Waals surface area contributed by atoms with Gasteiger partial charge in [0.25, 0.3) is 0 Å². The maximum absolute atomic E-state index is 12.1. The third kappa shape index (κ3) is 2.72. The lowest BCUT2D eigenvalue weighted by Crippen LogP contribution is -2.38. The molecule has 0 radical (unpaired) electrons. The van der Waals surface area contributed by atoms with E-state index < -0.39 is 11.4 Å². The minimum atomic E-state index is -0.900. The second-order valence-electron chi connectivity index (χ2n) is 5.56. The van der Waals surface area contributed by atoms with Gasteiger partial charge in [0.15, 0.2) is 11.5 Å². The van der Waals surface area contributed by atoms with Gasteiger partial charge < -0.3 is 19.3 Å². The molecule has 0 aliphatic heterocycles. The van der Waals surface area contributed by atoms with Crippen molar-refractivity contribution in [3.63, 3.8) is 0 Å². The van der Waals surface area contributed by atoms with Crippen LogP contribution >= 0.6 is 0 Å². The minimum absolute atomic E-state index is 0.437. The molecule has 1 aliphatic carbocycles. The number of ether oxygens (including phenoxy) is 3. The van der Waals surface area contributed by atoms with Crippen molar-refractivity contribution in [2.24, 2.45) is 0 Å². The number of methoxy groups -OCH3 is 2. The van der Waals surface area contributed by atoms with Crippen LogP contribution in [0.1, 0.15) is 44.6 Å². The number of benzene rings is 1. The highest BCUT2D eigenvalue weighted by molar-refractivity contribution is 5.83. The first kappa shape index (κ1) is 16.5. The number of rotatable bonds is 6. The Kier molecular flexibility index (Phi) is 5.16. The van der Waals surface area contributed by atoms with Gasteiger partial charge in [-0.1, -0.05) is 25.3 Å². The molecule has 0 amide bonds. The van der Waals surface area contributed by atoms with Gasteiger partial charge in [-0.2, -0.15) is 0 Å². The lowest BCUT2D eigenvalue weighted by atomic mass is 9.69. The summed E-state index contributed by atoms with van der Waals surface area (Å²) in [5, 5.41) is 9.90. The van der Waals surface area contributed by atoms with Gasteiger partial charge in [-0.05, 0) is 25.8 Å². The van der Waals surface area contributed by atoms with E-state index in [2.05, 4.69) is 0 Å². The summed E-state index contributed by atoms with van der Waals surface area (Å²) in [5.74, 6) is 0.716. The lowest BCUT2D eigenvalue weighted by Gasteiger charge is -2.35. The smallest absolute Gasteiger partial charge is 0.314 e. The van der Waals surface area contributed by atoms with Crippen molar-refractivity contribution in [2.75, 3.05) is 20.8 Å². The zero-order chi connectivity index (χ0) is 16.2. The van der Waals surface area contributed by atoms with Crippen molar-refractivity contribution in [2.45, 2.75) is 44.4 Å². The number of carboxylic acid groups (broad SMARTS) is 1. The molecule has 0 heterocycles. The standard InChI is InChI=1S/C17H24O5/c1-4-22-14-12(8-9-13(20-2)15(14)21-3)17(16(18)19)10-6-5-7-11-17/h8-9H,4-7,10-11H2,1-3H3,(H,18,19). The number of aliphatic carboxylic acids is 1. The van der Waals surface area contributed by atoms with Crippen LogP contribution in [-0.4, -0.2) is 31.9 Å². The summed E-state index contributed by atoms with van der Waals surface area (Å²) in [5.41, 5.74) is -0.207. The van der Waals surface area contributed by atoms with E-state index in [0.717, 1.165) is 19.3 Å². The van der Waals surface area contributed by atoms with Gasteiger partial charge in [-0.25, -0.2) is 0 Å². The van der Waals surface area contributed by atoms with E-state index in [1.54, 1.807) is 20.3 Å². The van der Waals surface area contributed by atoms with Gasteiger partial charge in [0, 0.05) is 5.56 Å². The molecule has 0 saturated heterocycles. The monoisotopic (exact) mass is 308 g/mol. The van der Waals surface area contributed by atoms with E-state index in [1.807, 2.05) is 13.0 Å². The predicted molar refractivity (Wildman–Crippen MR) is 83.1 cm³/mol. The van der Waals surface area contributed by atoms with E-state index in [1.165, 1.54) is 0 Å². The van der Waals surface area contributed by atoms with Gasteiger partial charge in [0.05, 0.1) is 26.2 Å². The Morgan fingerprint density at radius 3 is 2.32 bits per heavy atom. The van der Waals surface area contributed by atoms with Crippen LogP contribution in [0.25, 0.3) is 0 Å². The van der Waals surface area contributed by atoms with Crippen LogP contribution in [0.2, 0.25) is 0 Å². The van der Waals surface area contributed by atoms with Crippen molar-refractivity contribution >= 4 is 5.97 Å². The van der Waals surface area contributed by atoms with Crippen molar-refractivity contribution in [3.8, 4) is 17.2 Å². The highest BCUT2D eigenvalue weighted by atomic mass is 16.5. The zero-order valence-corrected chi connectivity index (χ0v) is 13.5. The predicted octanol–water partition coefficient (Wildman–Crippen LogP) is 3.39. The maximum atomic E-state index is 12.1. The summed E-state index contributed by atoms with van der Waals surface area (Å²) in [4.78, 5) is 12.1. The third-order valence-corrected chi connectivity index (χ3v) is 4.42. The van der Waals surface area contributed by atoms with Gasteiger partial charge >= 0.3 is 5.97 Å². The Morgan fingerprint density at radius 1 is 1.14 bits per heavy atom. The Labute approximate surface area is 131 Å². The van der Waals surface area contributed by atoms with Gasteiger partial charge in [0.1, 0.15) is 0 Å². The molecule has 5 nitrogen and oxygen atoms in total. The SMILES string of the molecule is CCOc1c(C2(C(=O)O)CCCCC2)ccc(OC)c1OC. The molecule has 0 aromatic heterocycles. The second-order valence-corrected chi connectivity index (χ2v) is 5.56. The Hall–Kier alpha value is -1.91. The van der Waals surface area contributed by atoms with E-state index >= 15 is 0 Å². The van der Waals surface area contributed by atoms with E-state index in [4.69, 9.17) is 14.2 Å². The molecule has 5 heteroatoms. The summed E-state index contributed by atoms with van der Waals surface area (Å²) in [6.45, 7) is 2.31. The highest BCUT2D eigenvalue weighted by Gasteiger charge is 2.44. The first-order chi connectivity index (χ1) is 10.6. The van der Waals surface area contributed by atoms with Crippen molar-refractivity contribution in [3.05, 3.63) is 17.7 Å². The zero-order valence-electron chi connectivity index (χ0n) is 13.5. The quantitative estimate of drug-likeness (QED) is 0.872. The van der Waals surface area contributed by atoms with Crippen LogP contribution in [0.3, 0.4) is 0 Å². The summed E-state index contributed by atoms with van der Waals surface area (Å²) in [6, 6.07) is 3.57. The number of hydrogen-bond donors (Lipinski definition) is 1. The number of carboxylic acids is 1.